The maximum Gasteiger partial charge on any atom is 0.239 e. The van der Waals surface area contributed by atoms with E-state index in [0.717, 1.165) is 5.56 Å². The summed E-state index contributed by atoms with van der Waals surface area (Å²) in [5.41, 5.74) is 12.3. The molecule has 0 bridgehead atoms. The fourth-order valence-electron chi connectivity index (χ4n) is 2.58. The van der Waals surface area contributed by atoms with Gasteiger partial charge in [-0.15, -0.1) is 0 Å². The zero-order chi connectivity index (χ0) is 15.4. The minimum Gasteiger partial charge on any atom is -0.369 e. The summed E-state index contributed by atoms with van der Waals surface area (Å²) in [6.07, 6.45) is 1.72. The molecule has 0 radical (unpaired) electrons. The molecule has 4 N–H and O–H groups in total. The molecule has 6 heteroatoms. The van der Waals surface area contributed by atoms with Crippen LogP contribution in [-0.2, 0) is 16.0 Å². The predicted molar refractivity (Wildman–Crippen MR) is 81.6 cm³/mol. The van der Waals surface area contributed by atoms with E-state index in [1.165, 1.54) is 0 Å². The fraction of sp³-hybridized carbons (Fsp3) is 0.467. The topological polar surface area (TPSA) is 89.4 Å². The van der Waals surface area contributed by atoms with Gasteiger partial charge in [-0.2, -0.15) is 0 Å². The van der Waals surface area contributed by atoms with Crippen LogP contribution in [-0.4, -0.2) is 35.8 Å². The Kier molecular flexibility index (Phi) is 5.20. The van der Waals surface area contributed by atoms with Crippen molar-refractivity contribution in [3.05, 3.63) is 34.9 Å². The Morgan fingerprint density at radius 3 is 2.33 bits per heavy atom. The first-order valence-electron chi connectivity index (χ1n) is 7.05. The summed E-state index contributed by atoms with van der Waals surface area (Å²) in [6.45, 7) is 1.08. The van der Waals surface area contributed by atoms with Gasteiger partial charge in [0.2, 0.25) is 11.8 Å². The van der Waals surface area contributed by atoms with Gasteiger partial charge < -0.3 is 16.4 Å². The van der Waals surface area contributed by atoms with Crippen LogP contribution in [0.25, 0.3) is 0 Å². The average molecular weight is 310 g/mol. The Morgan fingerprint density at radius 2 is 1.81 bits per heavy atom. The normalized spacial score (nSPS) is 17.5. The molecule has 2 rings (SSSR count). The van der Waals surface area contributed by atoms with Gasteiger partial charge in [-0.3, -0.25) is 9.59 Å². The number of hydrogen-bond donors (Lipinski definition) is 2. The molecule has 5 nitrogen and oxygen atoms in total. The quantitative estimate of drug-likeness (QED) is 0.867. The maximum atomic E-state index is 12.3. The van der Waals surface area contributed by atoms with Crippen molar-refractivity contribution < 1.29 is 9.59 Å². The highest BCUT2D eigenvalue weighted by molar-refractivity contribution is 6.30. The van der Waals surface area contributed by atoms with E-state index in [0.29, 0.717) is 37.4 Å². The zero-order valence-electron chi connectivity index (χ0n) is 11.8. The first-order chi connectivity index (χ1) is 9.97. The van der Waals surface area contributed by atoms with Crippen LogP contribution in [0.3, 0.4) is 0 Å². The second-order valence-electron chi connectivity index (χ2n) is 5.44. The number of amides is 2. The molecule has 1 saturated heterocycles. The van der Waals surface area contributed by atoms with Gasteiger partial charge in [0, 0.05) is 24.0 Å². The van der Waals surface area contributed by atoms with Gasteiger partial charge in [-0.1, -0.05) is 23.7 Å². The fourth-order valence-corrected chi connectivity index (χ4v) is 2.71. The van der Waals surface area contributed by atoms with Crippen molar-refractivity contribution in [2.75, 3.05) is 13.1 Å². The molecule has 0 aromatic heterocycles. The van der Waals surface area contributed by atoms with Gasteiger partial charge in [-0.05, 0) is 37.0 Å². The zero-order valence-corrected chi connectivity index (χ0v) is 12.6. The average Bonchev–Trinajstić information content (AvgIpc) is 2.49. The van der Waals surface area contributed by atoms with Crippen molar-refractivity contribution in [1.29, 1.82) is 0 Å². The van der Waals surface area contributed by atoms with Crippen molar-refractivity contribution in [3.8, 4) is 0 Å². The van der Waals surface area contributed by atoms with Crippen molar-refractivity contribution >= 4 is 23.4 Å². The molecule has 0 aliphatic carbocycles. The molecule has 0 spiro atoms. The Labute approximate surface area is 129 Å². The van der Waals surface area contributed by atoms with Crippen molar-refractivity contribution in [2.45, 2.75) is 25.3 Å². The van der Waals surface area contributed by atoms with Gasteiger partial charge in [0.05, 0.1) is 6.04 Å². The highest BCUT2D eigenvalue weighted by Crippen LogP contribution is 2.18. The van der Waals surface area contributed by atoms with Crippen LogP contribution < -0.4 is 11.5 Å². The summed E-state index contributed by atoms with van der Waals surface area (Å²) < 4.78 is 0. The Morgan fingerprint density at radius 1 is 1.24 bits per heavy atom. The summed E-state index contributed by atoms with van der Waals surface area (Å²) in [5.74, 6) is -0.484. The molecule has 1 unspecified atom stereocenters. The molecule has 21 heavy (non-hydrogen) atoms. The van der Waals surface area contributed by atoms with Crippen molar-refractivity contribution in [3.63, 3.8) is 0 Å². The van der Waals surface area contributed by atoms with Crippen LogP contribution in [0.4, 0.5) is 0 Å². The number of likely N-dealkylation sites (tertiary alicyclic amines) is 1. The third kappa shape index (κ3) is 4.19. The first-order valence-corrected chi connectivity index (χ1v) is 7.43. The molecule has 1 heterocycles. The van der Waals surface area contributed by atoms with E-state index in [1.807, 2.05) is 12.1 Å². The lowest BCUT2D eigenvalue weighted by Crippen LogP contribution is -2.49. The Balaban J connectivity index is 1.88. The van der Waals surface area contributed by atoms with Crippen LogP contribution in [0.2, 0.25) is 5.02 Å². The first kappa shape index (κ1) is 15.8. The standard InChI is InChI=1S/C15H20ClN3O2/c16-12-3-1-10(2-4-12)9-13(17)15(21)19-7-5-11(6-8-19)14(18)20/h1-4,11,13H,5-9,17H2,(H2,18,20). The third-order valence-corrected chi connectivity index (χ3v) is 4.15. The number of halogens is 1. The SMILES string of the molecule is NC(=O)C1CCN(C(=O)C(N)Cc2ccc(Cl)cc2)CC1. The monoisotopic (exact) mass is 309 g/mol. The second kappa shape index (κ2) is 6.91. The molecule has 0 saturated carbocycles. The molecule has 1 aromatic rings. The van der Waals surface area contributed by atoms with Gasteiger partial charge >= 0.3 is 0 Å². The highest BCUT2D eigenvalue weighted by atomic mass is 35.5. The number of carbonyl (C=O) groups is 2. The summed E-state index contributed by atoms with van der Waals surface area (Å²) in [6, 6.07) is 6.74. The number of hydrogen-bond acceptors (Lipinski definition) is 3. The van der Waals surface area contributed by atoms with Crippen molar-refractivity contribution in [1.82, 2.24) is 4.90 Å². The molecule has 114 valence electrons. The number of benzene rings is 1. The van der Waals surface area contributed by atoms with Crippen LogP contribution >= 0.6 is 11.6 Å². The molecular formula is C15H20ClN3O2. The number of piperidine rings is 1. The van der Waals surface area contributed by atoms with E-state index >= 15 is 0 Å². The number of carbonyl (C=O) groups excluding carboxylic acids is 2. The van der Waals surface area contributed by atoms with E-state index in [-0.39, 0.29) is 17.7 Å². The number of primary amides is 1. The van der Waals surface area contributed by atoms with E-state index in [4.69, 9.17) is 23.1 Å². The molecule has 1 atom stereocenters. The number of nitrogens with two attached hydrogens (primary N) is 2. The predicted octanol–water partition coefficient (Wildman–Crippen LogP) is 0.934. The van der Waals surface area contributed by atoms with E-state index in [9.17, 15) is 9.59 Å². The number of rotatable bonds is 4. The maximum absolute atomic E-state index is 12.3. The highest BCUT2D eigenvalue weighted by Gasteiger charge is 2.28. The minimum absolute atomic E-state index is 0.0760. The molecule has 1 fully saturated rings. The molecule has 1 aliphatic heterocycles. The van der Waals surface area contributed by atoms with Crippen LogP contribution in [0.5, 0.6) is 0 Å². The minimum atomic E-state index is -0.573. The summed E-state index contributed by atoms with van der Waals surface area (Å²) >= 11 is 5.83. The van der Waals surface area contributed by atoms with Crippen LogP contribution in [0, 0.1) is 5.92 Å². The van der Waals surface area contributed by atoms with Crippen molar-refractivity contribution in [2.24, 2.45) is 17.4 Å². The van der Waals surface area contributed by atoms with Crippen LogP contribution in [0.15, 0.2) is 24.3 Å². The molecule has 2 amide bonds. The lowest BCUT2D eigenvalue weighted by Gasteiger charge is -2.32. The third-order valence-electron chi connectivity index (χ3n) is 3.90. The van der Waals surface area contributed by atoms with Crippen LogP contribution in [0.1, 0.15) is 18.4 Å². The second-order valence-corrected chi connectivity index (χ2v) is 5.88. The lowest BCUT2D eigenvalue weighted by molar-refractivity contribution is -0.136. The van der Waals surface area contributed by atoms with Gasteiger partial charge in [0.15, 0.2) is 0 Å². The molecular weight excluding hydrogens is 290 g/mol. The lowest BCUT2D eigenvalue weighted by atomic mass is 9.95. The number of nitrogens with zero attached hydrogens (tertiary/aromatic N) is 1. The van der Waals surface area contributed by atoms with E-state index in [2.05, 4.69) is 0 Å². The Bertz CT molecular complexity index is 510. The van der Waals surface area contributed by atoms with Gasteiger partial charge in [-0.25, -0.2) is 0 Å². The smallest absolute Gasteiger partial charge is 0.239 e. The molecule has 1 aromatic carbocycles. The van der Waals surface area contributed by atoms with E-state index in [1.54, 1.807) is 17.0 Å². The summed E-state index contributed by atoms with van der Waals surface area (Å²) in [5, 5.41) is 0.659. The van der Waals surface area contributed by atoms with E-state index < -0.39 is 6.04 Å². The largest absolute Gasteiger partial charge is 0.369 e. The summed E-state index contributed by atoms with van der Waals surface area (Å²) in [4.78, 5) is 25.1. The summed E-state index contributed by atoms with van der Waals surface area (Å²) in [7, 11) is 0. The Hall–Kier alpha value is -1.59. The van der Waals surface area contributed by atoms with Gasteiger partial charge in [0.25, 0.3) is 0 Å². The molecule has 1 aliphatic rings. The van der Waals surface area contributed by atoms with Gasteiger partial charge in [0.1, 0.15) is 0 Å².